The van der Waals surface area contributed by atoms with Crippen LogP contribution in [0.4, 0.5) is 5.69 Å². The Morgan fingerprint density at radius 1 is 1.47 bits per heavy atom. The summed E-state index contributed by atoms with van der Waals surface area (Å²) in [6, 6.07) is 6.76. The summed E-state index contributed by atoms with van der Waals surface area (Å²) in [5.41, 5.74) is 8.69. The van der Waals surface area contributed by atoms with Gasteiger partial charge in [0.25, 0.3) is 0 Å². The second-order valence-electron chi connectivity index (χ2n) is 5.98. The fourth-order valence-corrected chi connectivity index (χ4v) is 4.03. The van der Waals surface area contributed by atoms with Crippen molar-refractivity contribution in [2.24, 2.45) is 5.73 Å². The van der Waals surface area contributed by atoms with E-state index in [4.69, 9.17) is 5.73 Å². The van der Waals surface area contributed by atoms with Gasteiger partial charge in [-0.1, -0.05) is 22.0 Å². The number of rotatable bonds is 3. The highest BCUT2D eigenvalue weighted by molar-refractivity contribution is 9.10. The standard InChI is InChI=1S/C15H23BrN2S/c1-11(17)8-12-4-5-13(16)9-14(12)18-6-7-19-15(2,3)10-18/h4-5,9,11H,6-8,10,17H2,1-3H3. The molecule has 19 heavy (non-hydrogen) atoms. The van der Waals surface area contributed by atoms with Crippen molar-refractivity contribution in [1.29, 1.82) is 0 Å². The molecule has 1 aromatic rings. The van der Waals surface area contributed by atoms with Crippen LogP contribution < -0.4 is 10.6 Å². The van der Waals surface area contributed by atoms with Gasteiger partial charge in [0.15, 0.2) is 0 Å². The van der Waals surface area contributed by atoms with Gasteiger partial charge in [-0.25, -0.2) is 0 Å². The molecule has 4 heteroatoms. The monoisotopic (exact) mass is 342 g/mol. The first-order valence-electron chi connectivity index (χ1n) is 6.80. The molecule has 2 nitrogen and oxygen atoms in total. The van der Waals surface area contributed by atoms with Crippen LogP contribution in [0.2, 0.25) is 0 Å². The predicted octanol–water partition coefficient (Wildman–Crippen LogP) is 3.67. The molecule has 2 N–H and O–H groups in total. The number of nitrogens with two attached hydrogens (primary N) is 1. The van der Waals surface area contributed by atoms with Crippen LogP contribution in [0.3, 0.4) is 0 Å². The number of hydrogen-bond acceptors (Lipinski definition) is 3. The summed E-state index contributed by atoms with van der Waals surface area (Å²) in [7, 11) is 0. The van der Waals surface area contributed by atoms with E-state index in [9.17, 15) is 0 Å². The molecule has 1 aliphatic heterocycles. The van der Waals surface area contributed by atoms with E-state index in [-0.39, 0.29) is 6.04 Å². The lowest BCUT2D eigenvalue weighted by Gasteiger charge is -2.40. The second kappa shape index (κ2) is 6.06. The molecule has 0 aliphatic carbocycles. The molecular weight excluding hydrogens is 320 g/mol. The molecule has 0 bridgehead atoms. The lowest BCUT2D eigenvalue weighted by Crippen LogP contribution is -2.43. The molecule has 106 valence electrons. The molecule has 1 aromatic carbocycles. The van der Waals surface area contributed by atoms with Crippen LogP contribution in [0.25, 0.3) is 0 Å². The van der Waals surface area contributed by atoms with Crippen LogP contribution in [-0.2, 0) is 6.42 Å². The second-order valence-corrected chi connectivity index (χ2v) is 8.70. The third-order valence-electron chi connectivity index (χ3n) is 3.36. The van der Waals surface area contributed by atoms with Crippen molar-refractivity contribution in [3.8, 4) is 0 Å². The summed E-state index contributed by atoms with van der Waals surface area (Å²) >= 11 is 5.66. The van der Waals surface area contributed by atoms with Gasteiger partial charge in [0.05, 0.1) is 0 Å². The topological polar surface area (TPSA) is 29.3 Å². The van der Waals surface area contributed by atoms with Crippen LogP contribution in [0, 0.1) is 0 Å². The predicted molar refractivity (Wildman–Crippen MR) is 90.2 cm³/mol. The van der Waals surface area contributed by atoms with Gasteiger partial charge in [0, 0.05) is 39.8 Å². The first kappa shape index (κ1) is 15.2. The van der Waals surface area contributed by atoms with Gasteiger partial charge >= 0.3 is 0 Å². The normalized spacial score (nSPS) is 20.4. The number of anilines is 1. The van der Waals surface area contributed by atoms with E-state index >= 15 is 0 Å². The highest BCUT2D eigenvalue weighted by atomic mass is 79.9. The molecule has 1 saturated heterocycles. The van der Waals surface area contributed by atoms with Gasteiger partial charge in [-0.3, -0.25) is 0 Å². The number of benzene rings is 1. The Hall–Kier alpha value is -0.190. The minimum absolute atomic E-state index is 0.201. The average molecular weight is 343 g/mol. The molecule has 1 unspecified atom stereocenters. The Morgan fingerprint density at radius 3 is 2.84 bits per heavy atom. The van der Waals surface area contributed by atoms with Gasteiger partial charge in [-0.05, 0) is 44.9 Å². The zero-order valence-electron chi connectivity index (χ0n) is 11.9. The van der Waals surface area contributed by atoms with Crippen molar-refractivity contribution in [2.75, 3.05) is 23.7 Å². The summed E-state index contributed by atoms with van der Waals surface area (Å²) < 4.78 is 1.47. The van der Waals surface area contributed by atoms with Crippen molar-refractivity contribution in [2.45, 2.75) is 38.0 Å². The van der Waals surface area contributed by atoms with E-state index in [1.165, 1.54) is 17.0 Å². The Kier molecular flexibility index (Phi) is 4.85. The molecule has 0 amide bonds. The lowest BCUT2D eigenvalue weighted by molar-refractivity contribution is 0.642. The summed E-state index contributed by atoms with van der Waals surface area (Å²) in [5.74, 6) is 1.19. The zero-order valence-corrected chi connectivity index (χ0v) is 14.4. The smallest absolute Gasteiger partial charge is 0.0411 e. The van der Waals surface area contributed by atoms with E-state index in [1.54, 1.807) is 0 Å². The van der Waals surface area contributed by atoms with Crippen molar-refractivity contribution in [1.82, 2.24) is 0 Å². The van der Waals surface area contributed by atoms with Crippen LogP contribution >= 0.6 is 27.7 Å². The molecule has 2 rings (SSSR count). The molecule has 0 saturated carbocycles. The van der Waals surface area contributed by atoms with E-state index < -0.39 is 0 Å². The fraction of sp³-hybridized carbons (Fsp3) is 0.600. The molecular formula is C15H23BrN2S. The molecule has 0 spiro atoms. The van der Waals surface area contributed by atoms with E-state index in [0.29, 0.717) is 4.75 Å². The first-order chi connectivity index (χ1) is 8.87. The van der Waals surface area contributed by atoms with Crippen LogP contribution in [-0.4, -0.2) is 29.6 Å². The molecule has 1 aliphatic rings. The van der Waals surface area contributed by atoms with Crippen LogP contribution in [0.15, 0.2) is 22.7 Å². The molecule has 0 radical (unpaired) electrons. The average Bonchev–Trinajstić information content (AvgIpc) is 2.29. The highest BCUT2D eigenvalue weighted by Crippen LogP contribution is 2.35. The molecule has 1 heterocycles. The lowest BCUT2D eigenvalue weighted by atomic mass is 10.0. The summed E-state index contributed by atoms with van der Waals surface area (Å²) in [6.45, 7) is 8.94. The Morgan fingerprint density at radius 2 is 2.21 bits per heavy atom. The van der Waals surface area contributed by atoms with E-state index in [1.807, 2.05) is 0 Å². The van der Waals surface area contributed by atoms with Gasteiger partial charge in [-0.15, -0.1) is 0 Å². The maximum Gasteiger partial charge on any atom is 0.0411 e. The van der Waals surface area contributed by atoms with Crippen molar-refractivity contribution >= 4 is 33.4 Å². The Bertz CT molecular complexity index is 446. The van der Waals surface area contributed by atoms with Gasteiger partial charge < -0.3 is 10.6 Å². The quantitative estimate of drug-likeness (QED) is 0.908. The van der Waals surface area contributed by atoms with Gasteiger partial charge in [0.2, 0.25) is 0 Å². The van der Waals surface area contributed by atoms with Crippen LogP contribution in [0.5, 0.6) is 0 Å². The van der Waals surface area contributed by atoms with E-state index in [0.717, 1.165) is 24.0 Å². The largest absolute Gasteiger partial charge is 0.369 e. The third-order valence-corrected chi connectivity index (χ3v) is 5.15. The maximum absolute atomic E-state index is 5.98. The van der Waals surface area contributed by atoms with Crippen LogP contribution in [0.1, 0.15) is 26.3 Å². The van der Waals surface area contributed by atoms with Crippen molar-refractivity contribution in [3.05, 3.63) is 28.2 Å². The summed E-state index contributed by atoms with van der Waals surface area (Å²) in [6.07, 6.45) is 0.937. The van der Waals surface area contributed by atoms with E-state index in [2.05, 4.69) is 71.6 Å². The maximum atomic E-state index is 5.98. The van der Waals surface area contributed by atoms with Crippen molar-refractivity contribution < 1.29 is 0 Å². The Balaban J connectivity index is 2.29. The summed E-state index contributed by atoms with van der Waals surface area (Å²) in [5, 5.41) is 0. The Labute approximate surface area is 129 Å². The fourth-order valence-electron chi connectivity index (χ4n) is 2.57. The first-order valence-corrected chi connectivity index (χ1v) is 8.58. The minimum Gasteiger partial charge on any atom is -0.369 e. The van der Waals surface area contributed by atoms with Gasteiger partial charge in [0.1, 0.15) is 0 Å². The third kappa shape index (κ3) is 4.14. The molecule has 0 aromatic heterocycles. The number of hydrogen-bond donors (Lipinski definition) is 1. The minimum atomic E-state index is 0.201. The number of nitrogens with zero attached hydrogens (tertiary/aromatic N) is 1. The van der Waals surface area contributed by atoms with Crippen molar-refractivity contribution in [3.63, 3.8) is 0 Å². The molecule has 1 atom stereocenters. The number of thioether (sulfide) groups is 1. The zero-order chi connectivity index (χ0) is 14.0. The summed E-state index contributed by atoms with van der Waals surface area (Å²) in [4.78, 5) is 2.51. The number of halogens is 1. The van der Waals surface area contributed by atoms with Gasteiger partial charge in [-0.2, -0.15) is 11.8 Å². The highest BCUT2D eigenvalue weighted by Gasteiger charge is 2.28. The molecule has 1 fully saturated rings. The SMILES string of the molecule is CC(N)Cc1ccc(Br)cc1N1CCSC(C)(C)C1.